The highest BCUT2D eigenvalue weighted by molar-refractivity contribution is 5.95. The smallest absolute Gasteiger partial charge is 0.318 e. The molecule has 0 spiro atoms. The van der Waals surface area contributed by atoms with Crippen molar-refractivity contribution < 1.29 is 14.3 Å². The highest BCUT2D eigenvalue weighted by Gasteiger charge is 2.16. The minimum Gasteiger partial charge on any atom is -0.481 e. The van der Waals surface area contributed by atoms with Crippen LogP contribution in [0.5, 0.6) is 5.75 Å². The lowest BCUT2D eigenvalue weighted by molar-refractivity contribution is -0.126. The Hall–Kier alpha value is -2.08. The second-order valence-corrected chi connectivity index (χ2v) is 4.47. The molecule has 6 heteroatoms. The number of imide groups is 1. The van der Waals surface area contributed by atoms with E-state index < -0.39 is 18.0 Å². The fourth-order valence-electron chi connectivity index (χ4n) is 1.76. The quantitative estimate of drug-likeness (QED) is 0.732. The van der Waals surface area contributed by atoms with Gasteiger partial charge in [0.25, 0.3) is 5.91 Å². The molecule has 0 saturated heterocycles. The number of urea groups is 1. The molecule has 0 fully saturated rings. The Bertz CT molecular complexity index is 476. The molecule has 2 unspecified atom stereocenters. The number of nitrogens with one attached hydrogen (secondary N) is 2. The normalized spacial score (nSPS) is 13.3. The van der Waals surface area contributed by atoms with Crippen molar-refractivity contribution in [2.75, 3.05) is 6.54 Å². The summed E-state index contributed by atoms with van der Waals surface area (Å²) in [5.74, 6) is 0.00186. The van der Waals surface area contributed by atoms with Crippen molar-refractivity contribution in [1.29, 1.82) is 0 Å². The van der Waals surface area contributed by atoms with Crippen LogP contribution in [-0.4, -0.2) is 24.6 Å². The van der Waals surface area contributed by atoms with Gasteiger partial charge in [-0.15, -0.1) is 0 Å². The summed E-state index contributed by atoms with van der Waals surface area (Å²) in [7, 11) is 0. The van der Waals surface area contributed by atoms with Crippen LogP contribution in [0.4, 0.5) is 4.79 Å². The molecule has 0 heterocycles. The summed E-state index contributed by atoms with van der Waals surface area (Å²) in [6, 6.07) is 6.77. The van der Waals surface area contributed by atoms with E-state index in [0.717, 1.165) is 12.1 Å². The van der Waals surface area contributed by atoms with Crippen molar-refractivity contribution in [3.63, 3.8) is 0 Å². The molecule has 2 atom stereocenters. The SMILES string of the molecule is CCNC(C)c1cccc(OC(C)C(=O)NC(N)=O)c1. The zero-order chi connectivity index (χ0) is 15.1. The van der Waals surface area contributed by atoms with Crippen molar-refractivity contribution in [2.45, 2.75) is 32.9 Å². The lowest BCUT2D eigenvalue weighted by Gasteiger charge is -2.16. The third-order valence-electron chi connectivity index (χ3n) is 2.80. The van der Waals surface area contributed by atoms with Crippen molar-refractivity contribution >= 4 is 11.9 Å². The molecule has 1 aromatic rings. The zero-order valence-electron chi connectivity index (χ0n) is 12.0. The van der Waals surface area contributed by atoms with Crippen LogP contribution in [0, 0.1) is 0 Å². The van der Waals surface area contributed by atoms with Gasteiger partial charge in [0.15, 0.2) is 6.10 Å². The third-order valence-corrected chi connectivity index (χ3v) is 2.80. The summed E-state index contributed by atoms with van der Waals surface area (Å²) in [6.07, 6.45) is -0.799. The Balaban J connectivity index is 2.70. The van der Waals surface area contributed by atoms with Crippen LogP contribution in [0.1, 0.15) is 32.4 Å². The second-order valence-electron chi connectivity index (χ2n) is 4.47. The van der Waals surface area contributed by atoms with Gasteiger partial charge in [0.05, 0.1) is 0 Å². The summed E-state index contributed by atoms with van der Waals surface area (Å²) in [4.78, 5) is 22.1. The molecule has 0 aliphatic heterocycles. The third kappa shape index (κ3) is 4.89. The van der Waals surface area contributed by atoms with E-state index in [0.29, 0.717) is 5.75 Å². The highest BCUT2D eigenvalue weighted by Crippen LogP contribution is 2.20. The molecule has 20 heavy (non-hydrogen) atoms. The van der Waals surface area contributed by atoms with E-state index in [9.17, 15) is 9.59 Å². The van der Waals surface area contributed by atoms with Gasteiger partial charge in [0, 0.05) is 6.04 Å². The average molecular weight is 279 g/mol. The van der Waals surface area contributed by atoms with Crippen LogP contribution >= 0.6 is 0 Å². The van der Waals surface area contributed by atoms with Crippen LogP contribution in [0.2, 0.25) is 0 Å². The average Bonchev–Trinajstić information content (AvgIpc) is 2.38. The predicted octanol–water partition coefficient (Wildman–Crippen LogP) is 1.32. The largest absolute Gasteiger partial charge is 0.481 e. The van der Waals surface area contributed by atoms with Gasteiger partial charge in [-0.1, -0.05) is 19.1 Å². The van der Waals surface area contributed by atoms with E-state index in [1.54, 1.807) is 13.0 Å². The van der Waals surface area contributed by atoms with Crippen LogP contribution < -0.4 is 21.1 Å². The number of carbonyl (C=O) groups is 2. The maximum atomic E-state index is 11.5. The summed E-state index contributed by atoms with van der Waals surface area (Å²) in [5.41, 5.74) is 5.95. The van der Waals surface area contributed by atoms with Crippen molar-refractivity contribution in [2.24, 2.45) is 5.73 Å². The number of amides is 3. The van der Waals surface area contributed by atoms with E-state index >= 15 is 0 Å². The molecule has 0 saturated carbocycles. The first-order valence-electron chi connectivity index (χ1n) is 6.54. The number of hydrogen-bond donors (Lipinski definition) is 3. The molecule has 1 aromatic carbocycles. The maximum Gasteiger partial charge on any atom is 0.318 e. The number of primary amides is 1. The van der Waals surface area contributed by atoms with E-state index in [4.69, 9.17) is 10.5 Å². The standard InChI is InChI=1S/C14H21N3O3/c1-4-16-9(2)11-6-5-7-12(8-11)20-10(3)13(18)17-14(15)19/h5-10,16H,4H2,1-3H3,(H3,15,17,18,19). The van der Waals surface area contributed by atoms with Crippen LogP contribution in [0.25, 0.3) is 0 Å². The first-order chi connectivity index (χ1) is 9.43. The van der Waals surface area contributed by atoms with Crippen molar-refractivity contribution in [3.05, 3.63) is 29.8 Å². The molecule has 3 amide bonds. The Morgan fingerprint density at radius 2 is 2.05 bits per heavy atom. The highest BCUT2D eigenvalue weighted by atomic mass is 16.5. The fourth-order valence-corrected chi connectivity index (χ4v) is 1.76. The Morgan fingerprint density at radius 3 is 2.65 bits per heavy atom. The number of hydrogen-bond acceptors (Lipinski definition) is 4. The van der Waals surface area contributed by atoms with E-state index in [-0.39, 0.29) is 6.04 Å². The zero-order valence-corrected chi connectivity index (χ0v) is 12.0. The number of nitrogens with two attached hydrogens (primary N) is 1. The van der Waals surface area contributed by atoms with Gasteiger partial charge in [-0.05, 0) is 38.1 Å². The molecule has 0 bridgehead atoms. The van der Waals surface area contributed by atoms with Gasteiger partial charge < -0.3 is 15.8 Å². The van der Waals surface area contributed by atoms with Gasteiger partial charge >= 0.3 is 6.03 Å². The first-order valence-corrected chi connectivity index (χ1v) is 6.54. The monoisotopic (exact) mass is 279 g/mol. The molecule has 110 valence electrons. The number of ether oxygens (including phenoxy) is 1. The molecule has 6 nitrogen and oxygen atoms in total. The van der Waals surface area contributed by atoms with Crippen LogP contribution in [-0.2, 0) is 4.79 Å². The van der Waals surface area contributed by atoms with Crippen molar-refractivity contribution in [3.8, 4) is 5.75 Å². The molecule has 1 rings (SSSR count). The fraction of sp³-hybridized carbons (Fsp3) is 0.429. The minimum atomic E-state index is -0.889. The minimum absolute atomic E-state index is 0.193. The number of benzene rings is 1. The lowest BCUT2D eigenvalue weighted by atomic mass is 10.1. The van der Waals surface area contributed by atoms with Gasteiger partial charge in [-0.25, -0.2) is 4.79 Å². The molecular weight excluding hydrogens is 258 g/mol. The summed E-state index contributed by atoms with van der Waals surface area (Å²) in [6.45, 7) is 6.50. The Kier molecular flexibility index (Phi) is 5.99. The summed E-state index contributed by atoms with van der Waals surface area (Å²) >= 11 is 0. The van der Waals surface area contributed by atoms with Crippen LogP contribution in [0.3, 0.4) is 0 Å². The van der Waals surface area contributed by atoms with E-state index in [1.807, 2.05) is 37.4 Å². The van der Waals surface area contributed by atoms with Gasteiger partial charge in [-0.2, -0.15) is 0 Å². The number of rotatable bonds is 6. The molecular formula is C14H21N3O3. The van der Waals surface area contributed by atoms with E-state index in [1.165, 1.54) is 0 Å². The van der Waals surface area contributed by atoms with Crippen LogP contribution in [0.15, 0.2) is 24.3 Å². The molecule has 0 aliphatic rings. The lowest BCUT2D eigenvalue weighted by Crippen LogP contribution is -2.42. The van der Waals surface area contributed by atoms with Gasteiger partial charge in [-0.3, -0.25) is 10.1 Å². The first kappa shape index (κ1) is 16.0. The van der Waals surface area contributed by atoms with Gasteiger partial charge in [0.2, 0.25) is 0 Å². The maximum absolute atomic E-state index is 11.5. The van der Waals surface area contributed by atoms with Crippen molar-refractivity contribution in [1.82, 2.24) is 10.6 Å². The predicted molar refractivity (Wildman–Crippen MR) is 76.3 cm³/mol. The molecule has 0 aromatic heterocycles. The molecule has 4 N–H and O–H groups in total. The molecule has 0 aliphatic carbocycles. The number of carbonyl (C=O) groups excluding carboxylic acids is 2. The second kappa shape index (κ2) is 7.49. The molecule has 0 radical (unpaired) electrons. The summed E-state index contributed by atoms with van der Waals surface area (Å²) < 4.78 is 5.50. The topological polar surface area (TPSA) is 93.4 Å². The summed E-state index contributed by atoms with van der Waals surface area (Å²) in [5, 5.41) is 5.28. The Morgan fingerprint density at radius 1 is 1.35 bits per heavy atom. The Labute approximate surface area is 118 Å². The van der Waals surface area contributed by atoms with E-state index in [2.05, 4.69) is 5.32 Å². The van der Waals surface area contributed by atoms with Gasteiger partial charge in [0.1, 0.15) is 5.75 Å².